The number of nitrogens with zero attached hydrogens (tertiary/aromatic N) is 2. The second-order valence-corrected chi connectivity index (χ2v) is 5.89. The van der Waals surface area contributed by atoms with Gasteiger partial charge in [0.15, 0.2) is 0 Å². The zero-order valence-corrected chi connectivity index (χ0v) is 13.1. The third-order valence-electron chi connectivity index (χ3n) is 3.19. The highest BCUT2D eigenvalue weighted by molar-refractivity contribution is 7.09. The Morgan fingerprint density at radius 1 is 1.52 bits per heavy atom. The Hall–Kier alpha value is -1.92. The number of benzene rings is 1. The molecule has 2 aromatic rings. The van der Waals surface area contributed by atoms with Gasteiger partial charge in [-0.2, -0.15) is 0 Å². The van der Waals surface area contributed by atoms with Crippen LogP contribution in [0.15, 0.2) is 29.8 Å². The number of amides is 2. The smallest absolute Gasteiger partial charge is 0.321 e. The van der Waals surface area contributed by atoms with Crippen LogP contribution in [0.4, 0.5) is 10.5 Å². The van der Waals surface area contributed by atoms with Gasteiger partial charge in [-0.15, -0.1) is 11.3 Å². The van der Waals surface area contributed by atoms with Gasteiger partial charge in [-0.25, -0.2) is 9.78 Å². The molecule has 112 valence electrons. The average molecular weight is 305 g/mol. The van der Waals surface area contributed by atoms with Gasteiger partial charge in [0.2, 0.25) is 0 Å². The fraction of sp³-hybridized carbons (Fsp3) is 0.333. The topological polar surface area (TPSA) is 65.5 Å². The van der Waals surface area contributed by atoms with Crippen molar-refractivity contribution in [2.75, 3.05) is 12.4 Å². The molecule has 0 aliphatic carbocycles. The van der Waals surface area contributed by atoms with E-state index in [2.05, 4.69) is 10.3 Å². The number of aliphatic hydroxyl groups is 1. The van der Waals surface area contributed by atoms with E-state index in [1.54, 1.807) is 47.9 Å². The molecule has 0 bridgehead atoms. The summed E-state index contributed by atoms with van der Waals surface area (Å²) >= 11 is 1.54. The van der Waals surface area contributed by atoms with E-state index in [0.29, 0.717) is 12.2 Å². The van der Waals surface area contributed by atoms with Gasteiger partial charge in [0.25, 0.3) is 0 Å². The number of urea groups is 1. The summed E-state index contributed by atoms with van der Waals surface area (Å²) in [6.07, 6.45) is -0.556. The maximum Gasteiger partial charge on any atom is 0.321 e. The monoisotopic (exact) mass is 305 g/mol. The summed E-state index contributed by atoms with van der Waals surface area (Å²) in [4.78, 5) is 19.0. The SMILES string of the molecule is Cc1ncsc1CN(C)C(=O)Nc1cccc(C(C)O)c1. The first-order valence-corrected chi connectivity index (χ1v) is 7.54. The molecule has 1 aromatic carbocycles. The summed E-state index contributed by atoms with van der Waals surface area (Å²) in [7, 11) is 1.74. The van der Waals surface area contributed by atoms with Crippen molar-refractivity contribution in [2.45, 2.75) is 26.5 Å². The zero-order chi connectivity index (χ0) is 15.4. The Kier molecular flexibility index (Phi) is 4.93. The maximum absolute atomic E-state index is 12.2. The number of carbonyl (C=O) groups excluding carboxylic acids is 1. The van der Waals surface area contributed by atoms with Crippen LogP contribution in [0.2, 0.25) is 0 Å². The van der Waals surface area contributed by atoms with Crippen LogP contribution in [0.5, 0.6) is 0 Å². The number of anilines is 1. The summed E-state index contributed by atoms with van der Waals surface area (Å²) in [5.41, 5.74) is 4.18. The van der Waals surface area contributed by atoms with Crippen LogP contribution in [-0.2, 0) is 6.54 Å². The third-order valence-corrected chi connectivity index (χ3v) is 4.11. The van der Waals surface area contributed by atoms with Crippen molar-refractivity contribution in [3.8, 4) is 0 Å². The number of aliphatic hydroxyl groups excluding tert-OH is 1. The van der Waals surface area contributed by atoms with Gasteiger partial charge in [0, 0.05) is 17.6 Å². The number of aromatic nitrogens is 1. The Morgan fingerprint density at radius 3 is 2.90 bits per heavy atom. The highest BCUT2D eigenvalue weighted by Gasteiger charge is 2.12. The minimum Gasteiger partial charge on any atom is -0.389 e. The van der Waals surface area contributed by atoms with Gasteiger partial charge in [-0.3, -0.25) is 0 Å². The minimum absolute atomic E-state index is 0.189. The normalized spacial score (nSPS) is 12.0. The van der Waals surface area contributed by atoms with Crippen LogP contribution < -0.4 is 5.32 Å². The van der Waals surface area contributed by atoms with Crippen molar-refractivity contribution >= 4 is 23.1 Å². The predicted octanol–water partition coefficient (Wildman–Crippen LogP) is 3.17. The Morgan fingerprint density at radius 2 is 2.29 bits per heavy atom. The molecular formula is C15H19N3O2S. The molecule has 6 heteroatoms. The minimum atomic E-state index is -0.556. The fourth-order valence-electron chi connectivity index (χ4n) is 1.86. The van der Waals surface area contributed by atoms with Gasteiger partial charge in [-0.05, 0) is 31.5 Å². The highest BCUT2D eigenvalue weighted by atomic mass is 32.1. The Balaban J connectivity index is 2.00. The molecule has 1 unspecified atom stereocenters. The number of carbonyl (C=O) groups is 1. The van der Waals surface area contributed by atoms with Crippen LogP contribution in [0.25, 0.3) is 0 Å². The molecule has 0 radical (unpaired) electrons. The van der Waals surface area contributed by atoms with E-state index >= 15 is 0 Å². The molecule has 1 atom stereocenters. The van der Waals surface area contributed by atoms with Gasteiger partial charge in [0.05, 0.1) is 23.9 Å². The fourth-order valence-corrected chi connectivity index (χ4v) is 2.69. The van der Waals surface area contributed by atoms with Gasteiger partial charge >= 0.3 is 6.03 Å². The molecule has 0 aliphatic heterocycles. The van der Waals surface area contributed by atoms with Gasteiger partial charge < -0.3 is 15.3 Å². The molecule has 0 spiro atoms. The number of aryl methyl sites for hydroxylation is 1. The van der Waals surface area contributed by atoms with Crippen molar-refractivity contribution in [3.05, 3.63) is 45.9 Å². The first kappa shape index (κ1) is 15.5. The van der Waals surface area contributed by atoms with Crippen LogP contribution in [0.1, 0.15) is 29.2 Å². The molecule has 1 heterocycles. The number of nitrogens with one attached hydrogen (secondary N) is 1. The largest absolute Gasteiger partial charge is 0.389 e. The lowest BCUT2D eigenvalue weighted by atomic mass is 10.1. The van der Waals surface area contributed by atoms with E-state index < -0.39 is 6.10 Å². The molecule has 2 amide bonds. The molecule has 0 saturated carbocycles. The molecule has 21 heavy (non-hydrogen) atoms. The number of rotatable bonds is 4. The van der Waals surface area contributed by atoms with E-state index in [1.807, 2.05) is 19.1 Å². The standard InChI is InChI=1S/C15H19N3O2S/c1-10-14(21-9-16-10)8-18(3)15(20)17-13-6-4-5-12(7-13)11(2)19/h4-7,9,11,19H,8H2,1-3H3,(H,17,20). The van der Waals surface area contributed by atoms with Gasteiger partial charge in [0.1, 0.15) is 0 Å². The molecule has 5 nitrogen and oxygen atoms in total. The highest BCUT2D eigenvalue weighted by Crippen LogP contribution is 2.18. The lowest BCUT2D eigenvalue weighted by molar-refractivity contribution is 0.199. The van der Waals surface area contributed by atoms with Crippen LogP contribution in [0, 0.1) is 6.92 Å². The van der Waals surface area contributed by atoms with Crippen molar-refractivity contribution < 1.29 is 9.90 Å². The van der Waals surface area contributed by atoms with Crippen LogP contribution in [0.3, 0.4) is 0 Å². The van der Waals surface area contributed by atoms with Crippen LogP contribution >= 0.6 is 11.3 Å². The van der Waals surface area contributed by atoms with Crippen molar-refractivity contribution in [2.24, 2.45) is 0 Å². The molecule has 2 N–H and O–H groups in total. The van der Waals surface area contributed by atoms with Gasteiger partial charge in [-0.1, -0.05) is 12.1 Å². The quantitative estimate of drug-likeness (QED) is 0.912. The zero-order valence-electron chi connectivity index (χ0n) is 12.3. The van der Waals surface area contributed by atoms with E-state index in [1.165, 1.54) is 0 Å². The van der Waals surface area contributed by atoms with E-state index in [9.17, 15) is 9.90 Å². The first-order valence-electron chi connectivity index (χ1n) is 6.66. The molecule has 0 aliphatic rings. The van der Waals surface area contributed by atoms with Crippen LogP contribution in [-0.4, -0.2) is 28.1 Å². The van der Waals surface area contributed by atoms with E-state index in [-0.39, 0.29) is 6.03 Å². The summed E-state index contributed by atoms with van der Waals surface area (Å²) < 4.78 is 0. The predicted molar refractivity (Wildman–Crippen MR) is 84.4 cm³/mol. The first-order chi connectivity index (χ1) is 9.97. The van der Waals surface area contributed by atoms with E-state index in [0.717, 1.165) is 16.1 Å². The molecular weight excluding hydrogens is 286 g/mol. The summed E-state index contributed by atoms with van der Waals surface area (Å²) in [6.45, 7) is 4.15. The summed E-state index contributed by atoms with van der Waals surface area (Å²) in [6, 6.07) is 7.02. The van der Waals surface area contributed by atoms with Crippen molar-refractivity contribution in [1.82, 2.24) is 9.88 Å². The molecule has 2 rings (SSSR count). The van der Waals surface area contributed by atoms with E-state index in [4.69, 9.17) is 0 Å². The lowest BCUT2D eigenvalue weighted by Gasteiger charge is -2.18. The third kappa shape index (κ3) is 4.03. The molecule has 1 aromatic heterocycles. The Bertz CT molecular complexity index is 625. The van der Waals surface area contributed by atoms with Crippen molar-refractivity contribution in [3.63, 3.8) is 0 Å². The number of thiazole rings is 1. The summed E-state index contributed by atoms with van der Waals surface area (Å²) in [5, 5.41) is 12.4. The van der Waals surface area contributed by atoms with Crippen molar-refractivity contribution in [1.29, 1.82) is 0 Å². The average Bonchev–Trinajstić information content (AvgIpc) is 2.84. The lowest BCUT2D eigenvalue weighted by Crippen LogP contribution is -2.30. The molecule has 0 fully saturated rings. The number of hydrogen-bond acceptors (Lipinski definition) is 4. The second-order valence-electron chi connectivity index (χ2n) is 4.95. The Labute approximate surface area is 128 Å². The summed E-state index contributed by atoms with van der Waals surface area (Å²) in [5.74, 6) is 0. The second kappa shape index (κ2) is 6.69. The molecule has 0 saturated heterocycles. The number of hydrogen-bond donors (Lipinski definition) is 2. The maximum atomic E-state index is 12.2.